The molecule has 0 spiro atoms. The molecule has 116 valence electrons. The van der Waals surface area contributed by atoms with Crippen LogP contribution >= 0.6 is 0 Å². The van der Waals surface area contributed by atoms with Crippen LogP contribution in [0.2, 0.25) is 0 Å². The predicted octanol–water partition coefficient (Wildman–Crippen LogP) is 2.28. The first-order valence-corrected chi connectivity index (χ1v) is 8.53. The van der Waals surface area contributed by atoms with Crippen LogP contribution in [0.1, 0.15) is 11.1 Å². The van der Waals surface area contributed by atoms with Crippen molar-refractivity contribution in [3.63, 3.8) is 0 Å². The summed E-state index contributed by atoms with van der Waals surface area (Å²) in [5.41, 5.74) is 1.80. The van der Waals surface area contributed by atoms with Gasteiger partial charge < -0.3 is 4.74 Å². The third kappa shape index (κ3) is 3.28. The molecule has 0 aliphatic carbocycles. The zero-order chi connectivity index (χ0) is 15.6. The Morgan fingerprint density at radius 1 is 1.14 bits per heavy atom. The number of sulfonamides is 1. The van der Waals surface area contributed by atoms with E-state index in [1.165, 1.54) is 12.1 Å². The van der Waals surface area contributed by atoms with E-state index in [4.69, 9.17) is 4.74 Å². The van der Waals surface area contributed by atoms with E-state index < -0.39 is 10.0 Å². The number of rotatable bonds is 5. The molecule has 1 N–H and O–H groups in total. The van der Waals surface area contributed by atoms with Crippen LogP contribution in [-0.4, -0.2) is 21.6 Å². The van der Waals surface area contributed by atoms with Gasteiger partial charge in [-0.25, -0.2) is 17.5 Å². The molecule has 1 heterocycles. The summed E-state index contributed by atoms with van der Waals surface area (Å²) in [6.07, 6.45) is 1.24. The summed E-state index contributed by atoms with van der Waals surface area (Å²) in [6, 6.07) is 10.9. The second-order valence-corrected chi connectivity index (χ2v) is 6.91. The monoisotopic (exact) mass is 321 g/mol. The smallest absolute Gasteiger partial charge is 0.240 e. The van der Waals surface area contributed by atoms with Gasteiger partial charge in [0.1, 0.15) is 11.6 Å². The van der Waals surface area contributed by atoms with Crippen molar-refractivity contribution in [3.05, 3.63) is 59.4 Å². The minimum atomic E-state index is -3.54. The molecule has 0 unspecified atom stereocenters. The fraction of sp³-hybridized carbons (Fsp3) is 0.250. The Labute approximate surface area is 129 Å². The van der Waals surface area contributed by atoms with Crippen LogP contribution in [0.5, 0.6) is 5.75 Å². The van der Waals surface area contributed by atoms with E-state index in [0.29, 0.717) is 13.0 Å². The molecule has 0 saturated carbocycles. The van der Waals surface area contributed by atoms with E-state index in [1.807, 2.05) is 0 Å². The Morgan fingerprint density at radius 3 is 2.68 bits per heavy atom. The Bertz CT molecular complexity index is 772. The maximum atomic E-state index is 12.8. The lowest BCUT2D eigenvalue weighted by Crippen LogP contribution is -2.26. The van der Waals surface area contributed by atoms with Crippen LogP contribution in [0.3, 0.4) is 0 Å². The Morgan fingerprint density at radius 2 is 1.91 bits per heavy atom. The summed E-state index contributed by atoms with van der Waals surface area (Å²) < 4.78 is 45.3. The molecule has 0 saturated heterocycles. The van der Waals surface area contributed by atoms with Crippen molar-refractivity contribution in [2.45, 2.75) is 17.7 Å². The van der Waals surface area contributed by atoms with Gasteiger partial charge >= 0.3 is 0 Å². The molecule has 3 rings (SSSR count). The second kappa shape index (κ2) is 6.06. The number of ether oxygens (including phenoxy) is 1. The molecule has 6 heteroatoms. The molecular weight excluding hydrogens is 305 g/mol. The summed E-state index contributed by atoms with van der Waals surface area (Å²) in [6.45, 7) is 0.860. The Kier molecular flexibility index (Phi) is 4.13. The minimum Gasteiger partial charge on any atom is -0.493 e. The highest BCUT2D eigenvalue weighted by atomic mass is 32.2. The molecule has 0 radical (unpaired) electrons. The van der Waals surface area contributed by atoms with Crippen LogP contribution in [0.4, 0.5) is 4.39 Å². The standard InChI is InChI=1S/C16H16FNO3S/c17-14-3-1-12(2-4-14)7-9-18-22(19,20)15-5-6-16-13(11-15)8-10-21-16/h1-6,11,18H,7-10H2. The minimum absolute atomic E-state index is 0.246. The summed E-state index contributed by atoms with van der Waals surface area (Å²) in [5, 5.41) is 0. The zero-order valence-electron chi connectivity index (χ0n) is 11.9. The van der Waals surface area contributed by atoms with Gasteiger partial charge in [0.15, 0.2) is 0 Å². The molecule has 1 aliphatic heterocycles. The average Bonchev–Trinajstić information content (AvgIpc) is 2.96. The van der Waals surface area contributed by atoms with Gasteiger partial charge in [-0.1, -0.05) is 12.1 Å². The van der Waals surface area contributed by atoms with Gasteiger partial charge in [-0.05, 0) is 47.9 Å². The molecular formula is C16H16FNO3S. The largest absolute Gasteiger partial charge is 0.493 e. The van der Waals surface area contributed by atoms with Crippen LogP contribution in [0.15, 0.2) is 47.4 Å². The molecule has 0 fully saturated rings. The van der Waals surface area contributed by atoms with Crippen LogP contribution < -0.4 is 9.46 Å². The van der Waals surface area contributed by atoms with E-state index in [1.54, 1.807) is 30.3 Å². The van der Waals surface area contributed by atoms with Crippen molar-refractivity contribution >= 4 is 10.0 Å². The quantitative estimate of drug-likeness (QED) is 0.919. The predicted molar refractivity (Wildman–Crippen MR) is 80.9 cm³/mol. The maximum absolute atomic E-state index is 12.8. The van der Waals surface area contributed by atoms with Crippen molar-refractivity contribution in [1.82, 2.24) is 4.72 Å². The molecule has 2 aromatic carbocycles. The lowest BCUT2D eigenvalue weighted by atomic mass is 10.1. The van der Waals surface area contributed by atoms with Crippen molar-refractivity contribution < 1.29 is 17.5 Å². The van der Waals surface area contributed by atoms with Gasteiger partial charge in [0.05, 0.1) is 11.5 Å². The van der Waals surface area contributed by atoms with E-state index in [9.17, 15) is 12.8 Å². The lowest BCUT2D eigenvalue weighted by molar-refractivity contribution is 0.356. The Hall–Kier alpha value is -1.92. The highest BCUT2D eigenvalue weighted by Crippen LogP contribution is 2.27. The van der Waals surface area contributed by atoms with Gasteiger partial charge in [-0.2, -0.15) is 0 Å². The third-order valence-electron chi connectivity index (χ3n) is 3.59. The van der Waals surface area contributed by atoms with Crippen LogP contribution in [0, 0.1) is 5.82 Å². The van der Waals surface area contributed by atoms with Crippen molar-refractivity contribution in [1.29, 1.82) is 0 Å². The fourth-order valence-electron chi connectivity index (χ4n) is 2.39. The summed E-state index contributed by atoms with van der Waals surface area (Å²) in [7, 11) is -3.54. The molecule has 0 atom stereocenters. The number of nitrogens with one attached hydrogen (secondary N) is 1. The van der Waals surface area contributed by atoms with E-state index >= 15 is 0 Å². The Balaban J connectivity index is 1.65. The first kappa shape index (κ1) is 15.0. The number of benzene rings is 2. The van der Waals surface area contributed by atoms with Gasteiger partial charge in [0, 0.05) is 13.0 Å². The number of hydrogen-bond donors (Lipinski definition) is 1. The molecule has 22 heavy (non-hydrogen) atoms. The average molecular weight is 321 g/mol. The van der Waals surface area contributed by atoms with Crippen molar-refractivity contribution in [3.8, 4) is 5.75 Å². The molecule has 2 aromatic rings. The lowest BCUT2D eigenvalue weighted by Gasteiger charge is -2.08. The summed E-state index contributed by atoms with van der Waals surface area (Å²) in [4.78, 5) is 0.246. The number of fused-ring (bicyclic) bond motifs is 1. The normalized spacial score (nSPS) is 13.7. The van der Waals surface area contributed by atoms with Crippen LogP contribution in [-0.2, 0) is 22.9 Å². The summed E-state index contributed by atoms with van der Waals surface area (Å²) >= 11 is 0. The number of halogens is 1. The highest BCUT2D eigenvalue weighted by Gasteiger charge is 2.18. The maximum Gasteiger partial charge on any atom is 0.240 e. The molecule has 0 amide bonds. The first-order valence-electron chi connectivity index (χ1n) is 7.04. The van der Waals surface area contributed by atoms with Gasteiger partial charge in [-0.3, -0.25) is 0 Å². The third-order valence-corrected chi connectivity index (χ3v) is 5.05. The number of hydrogen-bond acceptors (Lipinski definition) is 3. The molecule has 0 bridgehead atoms. The van der Waals surface area contributed by atoms with Crippen molar-refractivity contribution in [2.24, 2.45) is 0 Å². The zero-order valence-corrected chi connectivity index (χ0v) is 12.7. The molecule has 0 aromatic heterocycles. The van der Waals surface area contributed by atoms with Crippen LogP contribution in [0.25, 0.3) is 0 Å². The second-order valence-electron chi connectivity index (χ2n) is 5.14. The topological polar surface area (TPSA) is 55.4 Å². The van der Waals surface area contributed by atoms with E-state index in [-0.39, 0.29) is 17.3 Å². The van der Waals surface area contributed by atoms with Gasteiger partial charge in [-0.15, -0.1) is 0 Å². The van der Waals surface area contributed by atoms with Crippen molar-refractivity contribution in [2.75, 3.05) is 13.2 Å². The fourth-order valence-corrected chi connectivity index (χ4v) is 3.48. The molecule has 1 aliphatic rings. The SMILES string of the molecule is O=S(=O)(NCCc1ccc(F)cc1)c1ccc2c(c1)CCO2. The highest BCUT2D eigenvalue weighted by molar-refractivity contribution is 7.89. The van der Waals surface area contributed by atoms with E-state index in [0.717, 1.165) is 23.3 Å². The first-order chi connectivity index (χ1) is 10.5. The summed E-state index contributed by atoms with van der Waals surface area (Å²) in [5.74, 6) is 0.454. The van der Waals surface area contributed by atoms with Gasteiger partial charge in [0.25, 0.3) is 0 Å². The van der Waals surface area contributed by atoms with E-state index in [2.05, 4.69) is 4.72 Å². The molecule has 4 nitrogen and oxygen atoms in total. The van der Waals surface area contributed by atoms with Gasteiger partial charge in [0.2, 0.25) is 10.0 Å².